The molecule has 1 heterocycles. The van der Waals surface area contributed by atoms with Gasteiger partial charge in [-0.3, -0.25) is 9.69 Å². The van der Waals surface area contributed by atoms with E-state index in [1.165, 1.54) is 0 Å². The number of nitrogens with zero attached hydrogens (tertiary/aromatic N) is 1. The highest BCUT2D eigenvalue weighted by atomic mass is 19.3. The molecular weight excluding hydrogens is 190 g/mol. The third kappa shape index (κ3) is 4.00. The molecule has 1 amide bonds. The van der Waals surface area contributed by atoms with E-state index in [2.05, 4.69) is 0 Å². The summed E-state index contributed by atoms with van der Waals surface area (Å²) in [7, 11) is 0. The van der Waals surface area contributed by atoms with E-state index in [1.807, 2.05) is 0 Å². The van der Waals surface area contributed by atoms with E-state index in [-0.39, 0.29) is 12.5 Å². The molecule has 0 bridgehead atoms. The van der Waals surface area contributed by atoms with Gasteiger partial charge in [0.1, 0.15) is 0 Å². The van der Waals surface area contributed by atoms with Gasteiger partial charge in [0.05, 0.1) is 6.54 Å². The van der Waals surface area contributed by atoms with Crippen LogP contribution in [0.1, 0.15) is 19.3 Å². The fourth-order valence-electron chi connectivity index (χ4n) is 1.85. The summed E-state index contributed by atoms with van der Waals surface area (Å²) in [6, 6.07) is 0. The van der Waals surface area contributed by atoms with Crippen molar-refractivity contribution in [3.63, 3.8) is 0 Å². The van der Waals surface area contributed by atoms with E-state index < -0.39 is 6.43 Å². The minimum absolute atomic E-state index is 0.150. The summed E-state index contributed by atoms with van der Waals surface area (Å²) < 4.78 is 24.0. The number of halogens is 2. The first-order valence-corrected chi connectivity index (χ1v) is 4.86. The van der Waals surface area contributed by atoms with Crippen LogP contribution in [0.5, 0.6) is 0 Å². The average molecular weight is 206 g/mol. The molecule has 0 saturated carbocycles. The van der Waals surface area contributed by atoms with Gasteiger partial charge in [-0.25, -0.2) is 8.78 Å². The summed E-state index contributed by atoms with van der Waals surface area (Å²) in [6.07, 6.45) is -0.268. The number of rotatable bonds is 4. The highest BCUT2D eigenvalue weighted by Gasteiger charge is 2.22. The number of carbonyl (C=O) groups is 1. The van der Waals surface area contributed by atoms with Gasteiger partial charge in [-0.05, 0) is 31.8 Å². The zero-order valence-corrected chi connectivity index (χ0v) is 8.09. The van der Waals surface area contributed by atoms with Crippen LogP contribution in [0.15, 0.2) is 0 Å². The monoisotopic (exact) mass is 206 g/mol. The van der Waals surface area contributed by atoms with Crippen molar-refractivity contribution >= 4 is 5.91 Å². The first-order valence-electron chi connectivity index (χ1n) is 4.86. The first-order chi connectivity index (χ1) is 6.58. The van der Waals surface area contributed by atoms with Crippen molar-refractivity contribution in [3.05, 3.63) is 0 Å². The Morgan fingerprint density at radius 2 is 2.00 bits per heavy atom. The molecule has 0 aromatic heterocycles. The summed E-state index contributed by atoms with van der Waals surface area (Å²) in [4.78, 5) is 12.4. The molecule has 0 radical (unpaired) electrons. The molecule has 1 saturated heterocycles. The van der Waals surface area contributed by atoms with Crippen LogP contribution in [0.4, 0.5) is 8.78 Å². The highest BCUT2D eigenvalue weighted by molar-refractivity contribution is 5.73. The molecule has 0 aromatic rings. The number of amides is 1. The molecule has 1 rings (SSSR count). The number of nitrogens with two attached hydrogens (primary N) is 1. The fraction of sp³-hybridized carbons (Fsp3) is 0.889. The number of primary amides is 1. The number of alkyl halides is 2. The van der Waals surface area contributed by atoms with Crippen LogP contribution in [0.2, 0.25) is 0 Å². The maximum atomic E-state index is 12.0. The zero-order chi connectivity index (χ0) is 10.6. The first kappa shape index (κ1) is 11.4. The van der Waals surface area contributed by atoms with Crippen LogP contribution in [0.25, 0.3) is 0 Å². The van der Waals surface area contributed by atoms with Crippen molar-refractivity contribution in [2.75, 3.05) is 19.6 Å². The lowest BCUT2D eigenvalue weighted by molar-refractivity contribution is -0.119. The van der Waals surface area contributed by atoms with E-state index in [1.54, 1.807) is 4.90 Å². The normalized spacial score (nSPS) is 20.2. The zero-order valence-electron chi connectivity index (χ0n) is 8.09. The molecule has 14 heavy (non-hydrogen) atoms. The van der Waals surface area contributed by atoms with Crippen LogP contribution in [-0.2, 0) is 4.79 Å². The number of hydrogen-bond acceptors (Lipinski definition) is 2. The fourth-order valence-corrected chi connectivity index (χ4v) is 1.85. The molecule has 3 nitrogen and oxygen atoms in total. The van der Waals surface area contributed by atoms with Gasteiger partial charge in [-0.15, -0.1) is 0 Å². The molecule has 1 aliphatic rings. The number of carbonyl (C=O) groups excluding carboxylic acids is 1. The molecule has 1 fully saturated rings. The molecule has 0 unspecified atom stereocenters. The van der Waals surface area contributed by atoms with Crippen LogP contribution in [0.3, 0.4) is 0 Å². The minimum atomic E-state index is -2.26. The van der Waals surface area contributed by atoms with E-state index >= 15 is 0 Å². The minimum Gasteiger partial charge on any atom is -0.370 e. The second-order valence-electron chi connectivity index (χ2n) is 3.81. The van der Waals surface area contributed by atoms with Gasteiger partial charge in [0.15, 0.2) is 0 Å². The molecule has 2 N–H and O–H groups in total. The Morgan fingerprint density at radius 1 is 1.43 bits per heavy atom. The smallest absolute Gasteiger partial charge is 0.251 e. The molecule has 0 aliphatic carbocycles. The second kappa shape index (κ2) is 5.24. The molecular formula is C9H16F2N2O. The predicted molar refractivity (Wildman–Crippen MR) is 49.0 cm³/mol. The summed E-state index contributed by atoms with van der Waals surface area (Å²) in [5, 5.41) is 0. The SMILES string of the molecule is NC(=O)CC1CCN(CC(F)F)CC1. The van der Waals surface area contributed by atoms with E-state index in [0.717, 1.165) is 12.8 Å². The van der Waals surface area contributed by atoms with E-state index in [9.17, 15) is 13.6 Å². The Morgan fingerprint density at radius 3 is 2.43 bits per heavy atom. The highest BCUT2D eigenvalue weighted by Crippen LogP contribution is 2.20. The van der Waals surface area contributed by atoms with Crippen LogP contribution >= 0.6 is 0 Å². The van der Waals surface area contributed by atoms with Crippen molar-refractivity contribution in [2.45, 2.75) is 25.7 Å². The summed E-state index contributed by atoms with van der Waals surface area (Å²) in [5.41, 5.74) is 5.07. The third-order valence-corrected chi connectivity index (χ3v) is 2.59. The molecule has 1 aliphatic heterocycles. The van der Waals surface area contributed by atoms with Crippen molar-refractivity contribution in [1.82, 2.24) is 4.90 Å². The van der Waals surface area contributed by atoms with E-state index in [4.69, 9.17) is 5.73 Å². The lowest BCUT2D eigenvalue weighted by atomic mass is 9.93. The standard InChI is InChI=1S/C9H16F2N2O/c10-8(11)6-13-3-1-7(2-4-13)5-9(12)14/h7-8H,1-6H2,(H2,12,14). The lowest BCUT2D eigenvalue weighted by Crippen LogP contribution is -2.37. The van der Waals surface area contributed by atoms with Gasteiger partial charge in [0, 0.05) is 6.42 Å². The van der Waals surface area contributed by atoms with Crippen molar-refractivity contribution in [2.24, 2.45) is 11.7 Å². The summed E-state index contributed by atoms with van der Waals surface area (Å²) in [5.74, 6) is -0.00117. The molecule has 0 aromatic carbocycles. The van der Waals surface area contributed by atoms with Gasteiger partial charge >= 0.3 is 0 Å². The van der Waals surface area contributed by atoms with Gasteiger partial charge in [0.25, 0.3) is 6.43 Å². The number of piperidine rings is 1. The largest absolute Gasteiger partial charge is 0.370 e. The Kier molecular flexibility index (Phi) is 4.25. The Hall–Kier alpha value is -0.710. The molecule has 5 heteroatoms. The maximum absolute atomic E-state index is 12.0. The maximum Gasteiger partial charge on any atom is 0.251 e. The molecule has 0 spiro atoms. The van der Waals surface area contributed by atoms with Gasteiger partial charge in [-0.2, -0.15) is 0 Å². The van der Waals surface area contributed by atoms with Crippen molar-refractivity contribution in [3.8, 4) is 0 Å². The Balaban J connectivity index is 2.21. The predicted octanol–water partition coefficient (Wildman–Crippen LogP) is 0.839. The van der Waals surface area contributed by atoms with Gasteiger partial charge in [0.2, 0.25) is 5.91 Å². The third-order valence-electron chi connectivity index (χ3n) is 2.59. The van der Waals surface area contributed by atoms with Crippen LogP contribution in [-0.4, -0.2) is 36.9 Å². The number of hydrogen-bond donors (Lipinski definition) is 1. The van der Waals surface area contributed by atoms with Gasteiger partial charge < -0.3 is 5.73 Å². The quantitative estimate of drug-likeness (QED) is 0.740. The molecule has 82 valence electrons. The average Bonchev–Trinajstić information content (AvgIpc) is 2.06. The van der Waals surface area contributed by atoms with Crippen molar-refractivity contribution < 1.29 is 13.6 Å². The molecule has 0 atom stereocenters. The van der Waals surface area contributed by atoms with Crippen LogP contribution in [0, 0.1) is 5.92 Å². The Bertz CT molecular complexity index is 191. The summed E-state index contributed by atoms with van der Waals surface area (Å²) >= 11 is 0. The topological polar surface area (TPSA) is 46.3 Å². The number of likely N-dealkylation sites (tertiary alicyclic amines) is 1. The van der Waals surface area contributed by atoms with Crippen LogP contribution < -0.4 is 5.73 Å². The van der Waals surface area contributed by atoms with Gasteiger partial charge in [-0.1, -0.05) is 0 Å². The van der Waals surface area contributed by atoms with Crippen molar-refractivity contribution in [1.29, 1.82) is 0 Å². The second-order valence-corrected chi connectivity index (χ2v) is 3.81. The summed E-state index contributed by atoms with van der Waals surface area (Å²) in [6.45, 7) is 1.16. The lowest BCUT2D eigenvalue weighted by Gasteiger charge is -2.30. The Labute approximate surface area is 82.2 Å². The van der Waals surface area contributed by atoms with E-state index in [0.29, 0.717) is 25.4 Å².